The minimum absolute atomic E-state index is 0.0246. The monoisotopic (exact) mass is 258 g/mol. The van der Waals surface area contributed by atoms with Gasteiger partial charge in [0.1, 0.15) is 0 Å². The molecule has 0 radical (unpaired) electrons. The second-order valence-electron chi connectivity index (χ2n) is 5.66. The number of carboxylic acids is 1. The van der Waals surface area contributed by atoms with Gasteiger partial charge in [0.15, 0.2) is 0 Å². The van der Waals surface area contributed by atoms with Crippen molar-refractivity contribution in [2.24, 2.45) is 11.3 Å². The molecule has 0 fully saturated rings. The molecule has 1 unspecified atom stereocenters. The summed E-state index contributed by atoms with van der Waals surface area (Å²) in [6.07, 6.45) is 1.65. The second kappa shape index (κ2) is 8.08. The molecule has 0 rings (SSSR count). The summed E-state index contributed by atoms with van der Waals surface area (Å²) in [4.78, 5) is 21.9. The first-order valence-electron chi connectivity index (χ1n) is 6.40. The van der Waals surface area contributed by atoms with E-state index < -0.39 is 5.97 Å². The minimum Gasteiger partial charge on any atom is -0.481 e. The van der Waals surface area contributed by atoms with Gasteiger partial charge in [-0.15, -0.1) is 0 Å². The molecule has 0 aliphatic heterocycles. The Kier molecular flexibility index (Phi) is 7.59. The average molecular weight is 258 g/mol. The molecule has 5 heteroatoms. The van der Waals surface area contributed by atoms with Gasteiger partial charge in [-0.05, 0) is 31.2 Å². The normalized spacial score (nSPS) is 13.1. The lowest BCUT2D eigenvalue weighted by atomic mass is 9.76. The Morgan fingerprint density at radius 3 is 2.28 bits per heavy atom. The molecular formula is C13H26N2O3. The SMILES string of the molecule is CNCC(=O)NCCC(CCC(=O)O)C(C)(C)C. The highest BCUT2D eigenvalue weighted by Gasteiger charge is 2.24. The lowest BCUT2D eigenvalue weighted by Crippen LogP contribution is -2.34. The Hall–Kier alpha value is -1.10. The smallest absolute Gasteiger partial charge is 0.303 e. The molecule has 106 valence electrons. The van der Waals surface area contributed by atoms with Crippen LogP contribution in [0.15, 0.2) is 0 Å². The van der Waals surface area contributed by atoms with E-state index in [0.717, 1.165) is 6.42 Å². The number of amides is 1. The molecule has 0 saturated carbocycles. The standard InChI is InChI=1S/C13H26N2O3/c1-13(2,3)10(5-6-12(17)18)7-8-15-11(16)9-14-4/h10,14H,5-9H2,1-4H3,(H,15,16)(H,17,18). The van der Waals surface area contributed by atoms with Gasteiger partial charge in [0, 0.05) is 13.0 Å². The molecule has 0 spiro atoms. The van der Waals surface area contributed by atoms with Crippen LogP contribution in [0.2, 0.25) is 0 Å². The highest BCUT2D eigenvalue weighted by molar-refractivity contribution is 5.77. The molecule has 0 aliphatic carbocycles. The van der Waals surface area contributed by atoms with Crippen molar-refractivity contribution in [1.82, 2.24) is 10.6 Å². The van der Waals surface area contributed by atoms with Crippen LogP contribution in [0.25, 0.3) is 0 Å². The molecule has 1 atom stereocenters. The fraction of sp³-hybridized carbons (Fsp3) is 0.846. The third-order valence-electron chi connectivity index (χ3n) is 3.08. The summed E-state index contributed by atoms with van der Waals surface area (Å²) >= 11 is 0. The van der Waals surface area contributed by atoms with Crippen molar-refractivity contribution in [3.05, 3.63) is 0 Å². The summed E-state index contributed by atoms with van der Waals surface area (Å²) in [6.45, 7) is 7.23. The Labute approximate surface area is 109 Å². The number of carbonyl (C=O) groups is 2. The molecule has 18 heavy (non-hydrogen) atoms. The lowest BCUT2D eigenvalue weighted by Gasteiger charge is -2.30. The van der Waals surface area contributed by atoms with E-state index in [1.165, 1.54) is 0 Å². The van der Waals surface area contributed by atoms with Gasteiger partial charge in [-0.3, -0.25) is 9.59 Å². The molecule has 0 aromatic rings. The van der Waals surface area contributed by atoms with Gasteiger partial charge in [-0.25, -0.2) is 0 Å². The zero-order chi connectivity index (χ0) is 14.2. The van der Waals surface area contributed by atoms with Crippen LogP contribution < -0.4 is 10.6 Å². The van der Waals surface area contributed by atoms with E-state index in [2.05, 4.69) is 31.4 Å². The highest BCUT2D eigenvalue weighted by atomic mass is 16.4. The van der Waals surface area contributed by atoms with Crippen molar-refractivity contribution in [2.45, 2.75) is 40.0 Å². The van der Waals surface area contributed by atoms with Crippen molar-refractivity contribution in [3.63, 3.8) is 0 Å². The summed E-state index contributed by atoms with van der Waals surface area (Å²) in [5.41, 5.74) is 0.0587. The number of hydrogen-bond donors (Lipinski definition) is 3. The summed E-state index contributed by atoms with van der Waals surface area (Å²) in [7, 11) is 1.73. The Morgan fingerprint density at radius 1 is 1.22 bits per heavy atom. The second-order valence-corrected chi connectivity index (χ2v) is 5.66. The molecule has 1 amide bonds. The van der Waals surface area contributed by atoms with Crippen molar-refractivity contribution in [3.8, 4) is 0 Å². The van der Waals surface area contributed by atoms with E-state index in [-0.39, 0.29) is 17.7 Å². The highest BCUT2D eigenvalue weighted by Crippen LogP contribution is 2.32. The molecule has 0 saturated heterocycles. The van der Waals surface area contributed by atoms with Crippen LogP contribution in [0.3, 0.4) is 0 Å². The van der Waals surface area contributed by atoms with Gasteiger partial charge in [-0.1, -0.05) is 20.8 Å². The van der Waals surface area contributed by atoms with E-state index >= 15 is 0 Å². The number of nitrogens with one attached hydrogen (secondary N) is 2. The fourth-order valence-electron chi connectivity index (χ4n) is 1.92. The topological polar surface area (TPSA) is 78.4 Å². The predicted octanol–water partition coefficient (Wildman–Crippen LogP) is 1.24. The summed E-state index contributed by atoms with van der Waals surface area (Å²) in [5, 5.41) is 14.3. The van der Waals surface area contributed by atoms with Crippen molar-refractivity contribution < 1.29 is 14.7 Å². The molecule has 0 aromatic carbocycles. The first kappa shape index (κ1) is 16.9. The number of hydrogen-bond acceptors (Lipinski definition) is 3. The number of rotatable bonds is 8. The third-order valence-corrected chi connectivity index (χ3v) is 3.08. The van der Waals surface area contributed by atoms with Crippen LogP contribution in [0.1, 0.15) is 40.0 Å². The van der Waals surface area contributed by atoms with Crippen LogP contribution in [-0.2, 0) is 9.59 Å². The van der Waals surface area contributed by atoms with Gasteiger partial charge in [0.2, 0.25) is 5.91 Å². The number of carboxylic acid groups (broad SMARTS) is 1. The predicted molar refractivity (Wildman–Crippen MR) is 71.4 cm³/mol. The number of aliphatic carboxylic acids is 1. The minimum atomic E-state index is -0.761. The van der Waals surface area contributed by atoms with Crippen LogP contribution in [-0.4, -0.2) is 37.1 Å². The molecule has 0 heterocycles. The molecule has 0 aromatic heterocycles. The summed E-state index contributed by atoms with van der Waals surface area (Å²) in [6, 6.07) is 0. The number of carbonyl (C=O) groups excluding carboxylic acids is 1. The van der Waals surface area contributed by atoms with E-state index in [4.69, 9.17) is 5.11 Å². The molecule has 5 nitrogen and oxygen atoms in total. The van der Waals surface area contributed by atoms with Gasteiger partial charge in [-0.2, -0.15) is 0 Å². The quantitative estimate of drug-likeness (QED) is 0.612. The summed E-state index contributed by atoms with van der Waals surface area (Å²) < 4.78 is 0. The van der Waals surface area contributed by atoms with Crippen LogP contribution in [0, 0.1) is 11.3 Å². The van der Waals surface area contributed by atoms with E-state index in [1.807, 2.05) is 0 Å². The maximum Gasteiger partial charge on any atom is 0.303 e. The fourth-order valence-corrected chi connectivity index (χ4v) is 1.92. The zero-order valence-electron chi connectivity index (χ0n) is 11.9. The first-order valence-corrected chi connectivity index (χ1v) is 6.40. The van der Waals surface area contributed by atoms with Gasteiger partial charge in [0.25, 0.3) is 0 Å². The first-order chi connectivity index (χ1) is 8.27. The van der Waals surface area contributed by atoms with Crippen molar-refractivity contribution in [2.75, 3.05) is 20.1 Å². The molecule has 0 aliphatic rings. The maximum absolute atomic E-state index is 11.3. The van der Waals surface area contributed by atoms with Gasteiger partial charge in [0.05, 0.1) is 6.54 Å². The van der Waals surface area contributed by atoms with Crippen molar-refractivity contribution >= 4 is 11.9 Å². The van der Waals surface area contributed by atoms with Gasteiger partial charge < -0.3 is 15.7 Å². The van der Waals surface area contributed by atoms with E-state index in [1.54, 1.807) is 7.05 Å². The maximum atomic E-state index is 11.3. The third kappa shape index (κ3) is 8.06. The van der Waals surface area contributed by atoms with E-state index in [0.29, 0.717) is 25.4 Å². The van der Waals surface area contributed by atoms with Gasteiger partial charge >= 0.3 is 5.97 Å². The summed E-state index contributed by atoms with van der Waals surface area (Å²) in [5.74, 6) is -0.490. The van der Waals surface area contributed by atoms with Crippen molar-refractivity contribution in [1.29, 1.82) is 0 Å². The van der Waals surface area contributed by atoms with Crippen LogP contribution in [0.4, 0.5) is 0 Å². The number of likely N-dealkylation sites (N-methyl/N-ethyl adjacent to an activating group) is 1. The average Bonchev–Trinajstić information content (AvgIpc) is 2.21. The zero-order valence-corrected chi connectivity index (χ0v) is 11.9. The van der Waals surface area contributed by atoms with Crippen LogP contribution >= 0.6 is 0 Å². The Morgan fingerprint density at radius 2 is 1.83 bits per heavy atom. The Balaban J connectivity index is 4.10. The molecule has 3 N–H and O–H groups in total. The Bertz CT molecular complexity index is 272. The van der Waals surface area contributed by atoms with E-state index in [9.17, 15) is 9.59 Å². The largest absolute Gasteiger partial charge is 0.481 e. The lowest BCUT2D eigenvalue weighted by molar-refractivity contribution is -0.137. The molecular weight excluding hydrogens is 232 g/mol. The molecule has 0 bridgehead atoms. The van der Waals surface area contributed by atoms with Crippen LogP contribution in [0.5, 0.6) is 0 Å².